The lowest BCUT2D eigenvalue weighted by Crippen LogP contribution is -2.52. The maximum absolute atomic E-state index is 13.6. The van der Waals surface area contributed by atoms with Crippen molar-refractivity contribution < 1.29 is 50.8 Å². The smallest absolute Gasteiger partial charge is 0.493 e. The number of rotatable bonds is 5. The topological polar surface area (TPSA) is 85.3 Å². The molecule has 1 aromatic heterocycles. The SMILES string of the molecule is CCc1nc2cc(OC)c(Oc3ccc4c(c3)OC(F)(F)C(F)(F)O4)cc2c(OC(=O)OC)c1C. The number of hydrogen-bond acceptors (Lipinski definition) is 8. The van der Waals surface area contributed by atoms with Crippen LogP contribution in [0.1, 0.15) is 18.2 Å². The van der Waals surface area contributed by atoms with Crippen LogP contribution in [0.2, 0.25) is 0 Å². The number of methoxy groups -OCH3 is 2. The summed E-state index contributed by atoms with van der Waals surface area (Å²) in [4.78, 5) is 16.4. The van der Waals surface area contributed by atoms with Crippen LogP contribution in [0.3, 0.4) is 0 Å². The van der Waals surface area contributed by atoms with Crippen LogP contribution < -0.4 is 23.7 Å². The van der Waals surface area contributed by atoms with E-state index in [1.165, 1.54) is 26.4 Å². The molecule has 0 atom stereocenters. The largest absolute Gasteiger partial charge is 0.513 e. The Morgan fingerprint density at radius 3 is 2.31 bits per heavy atom. The summed E-state index contributed by atoms with van der Waals surface area (Å²) in [6.45, 7) is 3.62. The van der Waals surface area contributed by atoms with Gasteiger partial charge in [-0.2, -0.15) is 17.6 Å². The number of carbonyl (C=O) groups is 1. The molecule has 0 fully saturated rings. The Balaban J connectivity index is 1.78. The summed E-state index contributed by atoms with van der Waals surface area (Å²) in [6.07, 6.45) is -10.1. The van der Waals surface area contributed by atoms with Crippen LogP contribution in [-0.4, -0.2) is 37.6 Å². The molecule has 0 unspecified atom stereocenters. The molecule has 2 heterocycles. The quantitative estimate of drug-likeness (QED) is 0.313. The Labute approximate surface area is 196 Å². The molecule has 0 bridgehead atoms. The molecule has 0 amide bonds. The summed E-state index contributed by atoms with van der Waals surface area (Å²) in [7, 11) is 2.54. The van der Waals surface area contributed by atoms with E-state index >= 15 is 0 Å². The van der Waals surface area contributed by atoms with Gasteiger partial charge in [-0.05, 0) is 31.5 Å². The molecule has 0 saturated carbocycles. The Bertz CT molecular complexity index is 1310. The third-order valence-corrected chi connectivity index (χ3v) is 5.20. The average molecular weight is 497 g/mol. The number of pyridine rings is 1. The Morgan fingerprint density at radius 2 is 1.69 bits per heavy atom. The minimum atomic E-state index is -4.88. The van der Waals surface area contributed by atoms with E-state index in [0.717, 1.165) is 12.1 Å². The molecule has 8 nitrogen and oxygen atoms in total. The number of fused-ring (bicyclic) bond motifs is 2. The van der Waals surface area contributed by atoms with Crippen molar-refractivity contribution in [2.45, 2.75) is 32.5 Å². The predicted molar refractivity (Wildman–Crippen MR) is 113 cm³/mol. The summed E-state index contributed by atoms with van der Waals surface area (Å²) in [5, 5.41) is 0.379. The van der Waals surface area contributed by atoms with Gasteiger partial charge in [0.05, 0.1) is 19.7 Å². The molecule has 1 aliphatic heterocycles. The van der Waals surface area contributed by atoms with E-state index in [4.69, 9.17) is 14.2 Å². The fourth-order valence-corrected chi connectivity index (χ4v) is 3.46. The number of benzene rings is 2. The van der Waals surface area contributed by atoms with E-state index in [1.54, 1.807) is 13.0 Å². The fraction of sp³-hybridized carbons (Fsp3) is 0.304. The van der Waals surface area contributed by atoms with Gasteiger partial charge in [0.1, 0.15) is 11.5 Å². The third-order valence-electron chi connectivity index (χ3n) is 5.20. The van der Waals surface area contributed by atoms with Crippen molar-refractivity contribution in [3.05, 3.63) is 41.6 Å². The molecular formula is C23H19F4NO7. The molecule has 0 aliphatic carbocycles. The normalized spacial score (nSPS) is 15.4. The Hall–Kier alpha value is -3.96. The Kier molecular flexibility index (Phi) is 5.99. The third kappa shape index (κ3) is 4.31. The standard InChI is InChI=1S/C23H19F4NO7/c1-5-14-11(2)20(33-21(29)31-4)13-9-18(17(30-3)10-15(13)28-14)32-12-6-7-16-19(8-12)35-23(26,27)22(24,25)34-16/h6-10H,5H2,1-4H3. The molecule has 0 spiro atoms. The van der Waals surface area contributed by atoms with E-state index in [1.807, 2.05) is 6.92 Å². The molecule has 1 aliphatic rings. The predicted octanol–water partition coefficient (Wildman–Crippen LogP) is 6.01. The zero-order valence-corrected chi connectivity index (χ0v) is 18.9. The monoisotopic (exact) mass is 497 g/mol. The van der Waals surface area contributed by atoms with Gasteiger partial charge in [-0.3, -0.25) is 4.98 Å². The molecule has 0 radical (unpaired) electrons. The maximum atomic E-state index is 13.6. The first-order valence-electron chi connectivity index (χ1n) is 10.2. The minimum Gasteiger partial charge on any atom is -0.493 e. The number of alkyl halides is 4. The van der Waals surface area contributed by atoms with Gasteiger partial charge in [-0.1, -0.05) is 6.92 Å². The highest BCUT2D eigenvalue weighted by molar-refractivity contribution is 5.91. The lowest BCUT2D eigenvalue weighted by atomic mass is 10.1. The van der Waals surface area contributed by atoms with Crippen LogP contribution in [0.25, 0.3) is 10.9 Å². The van der Waals surface area contributed by atoms with Gasteiger partial charge >= 0.3 is 18.4 Å². The maximum Gasteiger partial charge on any atom is 0.513 e. The first-order valence-corrected chi connectivity index (χ1v) is 10.2. The number of hydrogen-bond donors (Lipinski definition) is 0. The first kappa shape index (κ1) is 24.2. The second-order valence-corrected chi connectivity index (χ2v) is 7.39. The van der Waals surface area contributed by atoms with Crippen LogP contribution in [0.15, 0.2) is 30.3 Å². The van der Waals surface area contributed by atoms with Gasteiger partial charge in [0.2, 0.25) is 0 Å². The summed E-state index contributed by atoms with van der Waals surface area (Å²) < 4.78 is 83.3. The zero-order chi connectivity index (χ0) is 25.5. The van der Waals surface area contributed by atoms with Crippen molar-refractivity contribution in [3.63, 3.8) is 0 Å². The number of aromatic nitrogens is 1. The highest BCUT2D eigenvalue weighted by atomic mass is 19.3. The molecule has 3 aromatic rings. The van der Waals surface area contributed by atoms with E-state index in [-0.39, 0.29) is 23.0 Å². The molecule has 0 saturated heterocycles. The summed E-state index contributed by atoms with van der Waals surface area (Å²) in [5.74, 6) is -0.774. The van der Waals surface area contributed by atoms with Crippen LogP contribution >= 0.6 is 0 Å². The number of carbonyl (C=O) groups excluding carboxylic acids is 1. The highest BCUT2D eigenvalue weighted by Crippen LogP contribution is 2.49. The van der Waals surface area contributed by atoms with Crippen LogP contribution in [0.5, 0.6) is 34.5 Å². The van der Waals surface area contributed by atoms with E-state index in [0.29, 0.717) is 28.6 Å². The number of ether oxygens (including phenoxy) is 6. The van der Waals surface area contributed by atoms with Crippen molar-refractivity contribution in [1.29, 1.82) is 0 Å². The average Bonchev–Trinajstić information content (AvgIpc) is 2.81. The van der Waals surface area contributed by atoms with E-state index in [2.05, 4.69) is 19.2 Å². The molecule has 2 aromatic carbocycles. The van der Waals surface area contributed by atoms with Gasteiger partial charge in [0, 0.05) is 28.8 Å². The fourth-order valence-electron chi connectivity index (χ4n) is 3.46. The van der Waals surface area contributed by atoms with Gasteiger partial charge in [-0.25, -0.2) is 4.79 Å². The second kappa shape index (κ2) is 8.67. The first-order chi connectivity index (χ1) is 16.5. The molecule has 186 valence electrons. The lowest BCUT2D eigenvalue weighted by Gasteiger charge is -2.31. The number of nitrogens with zero attached hydrogens (tertiary/aromatic N) is 1. The van der Waals surface area contributed by atoms with Crippen LogP contribution in [0, 0.1) is 6.92 Å². The minimum absolute atomic E-state index is 0.0451. The molecule has 4 rings (SSSR count). The van der Waals surface area contributed by atoms with Gasteiger partial charge < -0.3 is 28.4 Å². The molecule has 35 heavy (non-hydrogen) atoms. The lowest BCUT2D eigenvalue weighted by molar-refractivity contribution is -0.391. The van der Waals surface area contributed by atoms with Gasteiger partial charge in [0.15, 0.2) is 23.0 Å². The van der Waals surface area contributed by atoms with Crippen LogP contribution in [0.4, 0.5) is 22.4 Å². The van der Waals surface area contributed by atoms with Crippen molar-refractivity contribution in [1.82, 2.24) is 4.98 Å². The van der Waals surface area contributed by atoms with Crippen molar-refractivity contribution in [2.24, 2.45) is 0 Å². The molecular weight excluding hydrogens is 478 g/mol. The summed E-state index contributed by atoms with van der Waals surface area (Å²) >= 11 is 0. The number of halogens is 4. The van der Waals surface area contributed by atoms with Crippen molar-refractivity contribution in [3.8, 4) is 34.5 Å². The molecule has 12 heteroatoms. The summed E-state index contributed by atoms with van der Waals surface area (Å²) in [6, 6.07) is 6.22. The Morgan fingerprint density at radius 1 is 1.00 bits per heavy atom. The van der Waals surface area contributed by atoms with E-state index in [9.17, 15) is 22.4 Å². The number of aryl methyl sites for hydroxylation is 1. The highest BCUT2D eigenvalue weighted by Gasteiger charge is 2.66. The van der Waals surface area contributed by atoms with E-state index < -0.39 is 29.9 Å². The van der Waals surface area contributed by atoms with Gasteiger partial charge in [-0.15, -0.1) is 0 Å². The summed E-state index contributed by atoms with van der Waals surface area (Å²) in [5.41, 5.74) is 1.71. The van der Waals surface area contributed by atoms with Crippen molar-refractivity contribution >= 4 is 17.1 Å². The van der Waals surface area contributed by atoms with Crippen LogP contribution in [-0.2, 0) is 11.2 Å². The second-order valence-electron chi connectivity index (χ2n) is 7.39. The van der Waals surface area contributed by atoms with Crippen molar-refractivity contribution in [2.75, 3.05) is 14.2 Å². The van der Waals surface area contributed by atoms with Gasteiger partial charge in [0.25, 0.3) is 0 Å². The zero-order valence-electron chi connectivity index (χ0n) is 18.9. The molecule has 0 N–H and O–H groups in total.